The molecule has 2 rings (SSSR count). The molecule has 22 heavy (non-hydrogen) atoms. The number of rotatable bonds is 4. The van der Waals surface area contributed by atoms with Gasteiger partial charge in [-0.15, -0.1) is 0 Å². The van der Waals surface area contributed by atoms with Crippen LogP contribution in [0.3, 0.4) is 0 Å². The summed E-state index contributed by atoms with van der Waals surface area (Å²) in [6.45, 7) is 0. The number of halogens is 1. The van der Waals surface area contributed by atoms with Crippen LogP contribution in [0.1, 0.15) is 10.4 Å². The summed E-state index contributed by atoms with van der Waals surface area (Å²) >= 11 is 0. The molecule has 0 heterocycles. The molecule has 0 spiro atoms. The number of aromatic carboxylic acids is 1. The zero-order chi connectivity index (χ0) is 16.5. The standard InChI is InChI=1S/C15H14FNO4S/c1-17(2)22(20,21)13-9-4-3-6-10(13)11-7-5-8-12(16)14(11)15(18)19/h3-9H,1-2H3,(H,18,19). The minimum absolute atomic E-state index is 0.0218. The SMILES string of the molecule is CN(C)S(=O)(=O)c1ccccc1-c1cccc(F)c1C(=O)O. The van der Waals surface area contributed by atoms with E-state index in [1.807, 2.05) is 0 Å². The van der Waals surface area contributed by atoms with Gasteiger partial charge in [-0.3, -0.25) is 0 Å². The molecule has 116 valence electrons. The summed E-state index contributed by atoms with van der Waals surface area (Å²) < 4.78 is 39.6. The number of hydrogen-bond acceptors (Lipinski definition) is 3. The molecule has 5 nitrogen and oxygen atoms in total. The maximum atomic E-state index is 13.8. The van der Waals surface area contributed by atoms with Crippen molar-refractivity contribution in [3.05, 3.63) is 53.8 Å². The van der Waals surface area contributed by atoms with Crippen LogP contribution in [0.2, 0.25) is 0 Å². The Morgan fingerprint density at radius 3 is 2.23 bits per heavy atom. The normalized spacial score (nSPS) is 11.6. The lowest BCUT2D eigenvalue weighted by atomic mass is 9.99. The smallest absolute Gasteiger partial charge is 0.339 e. The van der Waals surface area contributed by atoms with Gasteiger partial charge in [0.05, 0.1) is 4.90 Å². The Morgan fingerprint density at radius 2 is 1.64 bits per heavy atom. The van der Waals surface area contributed by atoms with Gasteiger partial charge in [-0.1, -0.05) is 30.3 Å². The summed E-state index contributed by atoms with van der Waals surface area (Å²) in [7, 11) is -1.05. The molecular weight excluding hydrogens is 309 g/mol. The van der Waals surface area contributed by atoms with Gasteiger partial charge >= 0.3 is 5.97 Å². The van der Waals surface area contributed by atoms with Crippen molar-refractivity contribution in [2.45, 2.75) is 4.90 Å². The predicted octanol–water partition coefficient (Wildman–Crippen LogP) is 2.44. The fourth-order valence-electron chi connectivity index (χ4n) is 2.08. The third-order valence-electron chi connectivity index (χ3n) is 3.16. The second kappa shape index (κ2) is 5.86. The van der Waals surface area contributed by atoms with Crippen LogP contribution in [-0.2, 0) is 10.0 Å². The lowest BCUT2D eigenvalue weighted by Crippen LogP contribution is -2.23. The van der Waals surface area contributed by atoms with Crippen molar-refractivity contribution < 1.29 is 22.7 Å². The van der Waals surface area contributed by atoms with E-state index in [4.69, 9.17) is 0 Å². The van der Waals surface area contributed by atoms with E-state index in [1.165, 1.54) is 44.4 Å². The average molecular weight is 323 g/mol. The van der Waals surface area contributed by atoms with Crippen LogP contribution in [0.5, 0.6) is 0 Å². The van der Waals surface area contributed by atoms with E-state index in [1.54, 1.807) is 6.07 Å². The first-order chi connectivity index (χ1) is 10.3. The largest absolute Gasteiger partial charge is 0.478 e. The van der Waals surface area contributed by atoms with Crippen molar-refractivity contribution in [3.63, 3.8) is 0 Å². The molecule has 2 aromatic rings. The van der Waals surface area contributed by atoms with Crippen molar-refractivity contribution in [1.82, 2.24) is 4.31 Å². The summed E-state index contributed by atoms with van der Waals surface area (Å²) in [5, 5.41) is 9.21. The highest BCUT2D eigenvalue weighted by molar-refractivity contribution is 7.89. The van der Waals surface area contributed by atoms with Crippen LogP contribution in [0.15, 0.2) is 47.4 Å². The number of hydrogen-bond donors (Lipinski definition) is 1. The second-order valence-electron chi connectivity index (χ2n) is 4.75. The molecule has 0 atom stereocenters. The fourth-order valence-corrected chi connectivity index (χ4v) is 3.18. The molecule has 1 N–H and O–H groups in total. The predicted molar refractivity (Wildman–Crippen MR) is 79.7 cm³/mol. The van der Waals surface area contributed by atoms with E-state index in [2.05, 4.69) is 0 Å². The van der Waals surface area contributed by atoms with Crippen LogP contribution in [0.4, 0.5) is 4.39 Å². The Hall–Kier alpha value is -2.25. The van der Waals surface area contributed by atoms with Crippen LogP contribution in [0.25, 0.3) is 11.1 Å². The highest BCUT2D eigenvalue weighted by Gasteiger charge is 2.25. The van der Waals surface area contributed by atoms with Gasteiger partial charge in [0, 0.05) is 25.2 Å². The summed E-state index contributed by atoms with van der Waals surface area (Å²) in [6, 6.07) is 9.67. The van der Waals surface area contributed by atoms with Crippen LogP contribution < -0.4 is 0 Å². The molecular formula is C15H14FNO4S. The Bertz CT molecular complexity index is 831. The molecule has 0 fully saturated rings. The molecule has 0 aromatic heterocycles. The first-order valence-corrected chi connectivity index (χ1v) is 7.74. The van der Waals surface area contributed by atoms with E-state index in [0.717, 1.165) is 10.4 Å². The van der Waals surface area contributed by atoms with Crippen LogP contribution in [0, 0.1) is 5.82 Å². The van der Waals surface area contributed by atoms with E-state index < -0.39 is 27.4 Å². The summed E-state index contributed by atoms with van der Waals surface area (Å²) in [6.07, 6.45) is 0. The molecule has 0 radical (unpaired) electrons. The van der Waals surface area contributed by atoms with Crippen LogP contribution in [-0.4, -0.2) is 37.9 Å². The summed E-state index contributed by atoms with van der Waals surface area (Å²) in [5.74, 6) is -2.37. The minimum Gasteiger partial charge on any atom is -0.478 e. The quantitative estimate of drug-likeness (QED) is 0.938. The number of nitrogens with zero attached hydrogens (tertiary/aromatic N) is 1. The molecule has 0 amide bonds. The minimum atomic E-state index is -3.79. The van der Waals surface area contributed by atoms with Gasteiger partial charge in [-0.05, 0) is 12.1 Å². The van der Waals surface area contributed by atoms with E-state index in [0.29, 0.717) is 0 Å². The molecule has 0 aliphatic heterocycles. The first kappa shape index (κ1) is 16.1. The van der Waals surface area contributed by atoms with Crippen LogP contribution >= 0.6 is 0 Å². The summed E-state index contributed by atoms with van der Waals surface area (Å²) in [5.41, 5.74) is -0.384. The topological polar surface area (TPSA) is 74.7 Å². The number of carbonyl (C=O) groups is 1. The van der Waals surface area contributed by atoms with Gasteiger partial charge in [-0.25, -0.2) is 21.9 Å². The van der Waals surface area contributed by atoms with Gasteiger partial charge < -0.3 is 5.11 Å². The Morgan fingerprint density at radius 1 is 1.05 bits per heavy atom. The van der Waals surface area contributed by atoms with Crippen molar-refractivity contribution >= 4 is 16.0 Å². The molecule has 0 saturated carbocycles. The third kappa shape index (κ3) is 2.72. The van der Waals surface area contributed by atoms with E-state index in [9.17, 15) is 22.7 Å². The van der Waals surface area contributed by atoms with Gasteiger partial charge in [0.2, 0.25) is 10.0 Å². The molecule has 0 bridgehead atoms. The Balaban J connectivity index is 2.82. The number of carboxylic acids is 1. The first-order valence-electron chi connectivity index (χ1n) is 6.30. The van der Waals surface area contributed by atoms with Crippen molar-refractivity contribution in [3.8, 4) is 11.1 Å². The Kier molecular flexibility index (Phi) is 4.30. The van der Waals surface area contributed by atoms with Gasteiger partial charge in [0.1, 0.15) is 11.4 Å². The zero-order valence-electron chi connectivity index (χ0n) is 11.9. The summed E-state index contributed by atoms with van der Waals surface area (Å²) in [4.78, 5) is 11.2. The van der Waals surface area contributed by atoms with E-state index >= 15 is 0 Å². The van der Waals surface area contributed by atoms with Gasteiger partial charge in [0.15, 0.2) is 0 Å². The third-order valence-corrected chi connectivity index (χ3v) is 5.04. The molecule has 0 saturated heterocycles. The highest BCUT2D eigenvalue weighted by atomic mass is 32.2. The zero-order valence-corrected chi connectivity index (χ0v) is 12.8. The monoisotopic (exact) mass is 323 g/mol. The highest BCUT2D eigenvalue weighted by Crippen LogP contribution is 2.32. The number of benzene rings is 2. The maximum absolute atomic E-state index is 13.8. The lowest BCUT2D eigenvalue weighted by Gasteiger charge is -2.16. The average Bonchev–Trinajstić information content (AvgIpc) is 2.46. The van der Waals surface area contributed by atoms with Crippen molar-refractivity contribution in [1.29, 1.82) is 0 Å². The van der Waals surface area contributed by atoms with Gasteiger partial charge in [-0.2, -0.15) is 0 Å². The van der Waals surface area contributed by atoms with Crippen molar-refractivity contribution in [2.75, 3.05) is 14.1 Å². The number of carboxylic acid groups (broad SMARTS) is 1. The Labute approximate surface area is 127 Å². The molecule has 0 unspecified atom stereocenters. The second-order valence-corrected chi connectivity index (χ2v) is 6.87. The molecule has 0 aliphatic rings. The van der Waals surface area contributed by atoms with E-state index in [-0.39, 0.29) is 16.0 Å². The lowest BCUT2D eigenvalue weighted by molar-refractivity contribution is 0.0692. The van der Waals surface area contributed by atoms with Gasteiger partial charge in [0.25, 0.3) is 0 Å². The van der Waals surface area contributed by atoms with Crippen molar-refractivity contribution in [2.24, 2.45) is 0 Å². The molecule has 0 aliphatic carbocycles. The molecule has 7 heteroatoms. The molecule has 2 aromatic carbocycles. The fraction of sp³-hybridized carbons (Fsp3) is 0.133. The maximum Gasteiger partial charge on any atom is 0.339 e. The number of sulfonamides is 1.